The third-order valence-electron chi connectivity index (χ3n) is 12.1. The van der Waals surface area contributed by atoms with Crippen LogP contribution in [-0.4, -0.2) is 0 Å². The van der Waals surface area contributed by atoms with Crippen molar-refractivity contribution in [3.05, 3.63) is 228 Å². The maximum atomic E-state index is 2.39. The fourth-order valence-electron chi connectivity index (χ4n) is 9.71. The second kappa shape index (κ2) is 14.3. The Labute approximate surface area is 339 Å². The van der Waals surface area contributed by atoms with E-state index in [1.165, 1.54) is 110 Å². The van der Waals surface area contributed by atoms with Gasteiger partial charge in [0.25, 0.3) is 0 Å². The second-order valence-corrected chi connectivity index (χ2v) is 15.4. The van der Waals surface area contributed by atoms with Gasteiger partial charge in [-0.2, -0.15) is 0 Å². The summed E-state index contributed by atoms with van der Waals surface area (Å²) in [6.07, 6.45) is 4.48. The van der Waals surface area contributed by atoms with E-state index < -0.39 is 0 Å². The van der Waals surface area contributed by atoms with Gasteiger partial charge in [0.05, 0.1) is 0 Å². The molecule has 0 aromatic heterocycles. The average molecular weight is 737 g/mol. The largest absolute Gasteiger partial charge is 0.0763 e. The topological polar surface area (TPSA) is 0 Å². The minimum Gasteiger partial charge on any atom is -0.0763 e. The number of rotatable bonds is 6. The van der Waals surface area contributed by atoms with Gasteiger partial charge in [-0.05, 0) is 122 Å². The molecule has 0 N–H and O–H groups in total. The molecule has 0 spiro atoms. The Morgan fingerprint density at radius 1 is 0.241 bits per heavy atom. The molecule has 10 aromatic carbocycles. The predicted octanol–water partition coefficient (Wildman–Crippen LogP) is 14.3. The second-order valence-electron chi connectivity index (χ2n) is 15.4. The van der Waals surface area contributed by atoms with Crippen LogP contribution in [0.15, 0.2) is 212 Å². The zero-order valence-electron chi connectivity index (χ0n) is 32.2. The number of fused-ring (bicyclic) bond motifs is 4. The predicted molar refractivity (Wildman–Crippen MR) is 248 cm³/mol. The smallest absolute Gasteiger partial charge is 0.00141 e. The Morgan fingerprint density at radius 3 is 1.03 bits per heavy atom. The van der Waals surface area contributed by atoms with Gasteiger partial charge in [0.2, 0.25) is 0 Å². The Kier molecular flexibility index (Phi) is 8.41. The molecule has 0 heterocycles. The van der Waals surface area contributed by atoms with Gasteiger partial charge in [0.1, 0.15) is 0 Å². The quantitative estimate of drug-likeness (QED) is 0.149. The summed E-state index contributed by atoms with van der Waals surface area (Å²) >= 11 is 0. The lowest BCUT2D eigenvalue weighted by molar-refractivity contribution is 1.08. The van der Waals surface area contributed by atoms with Crippen molar-refractivity contribution in [1.29, 1.82) is 0 Å². The average Bonchev–Trinajstić information content (AvgIpc) is 3.31. The number of hydrogen-bond acceptors (Lipinski definition) is 0. The lowest BCUT2D eigenvalue weighted by Crippen LogP contribution is -2.29. The van der Waals surface area contributed by atoms with Gasteiger partial charge in [0, 0.05) is 0 Å². The molecule has 1 aliphatic rings. The summed E-state index contributed by atoms with van der Waals surface area (Å²) in [7, 11) is 0. The summed E-state index contributed by atoms with van der Waals surface area (Å²) in [5, 5.41) is 10.4. The van der Waals surface area contributed by atoms with E-state index in [0.29, 0.717) is 0 Å². The van der Waals surface area contributed by atoms with Gasteiger partial charge in [-0.1, -0.05) is 218 Å². The van der Waals surface area contributed by atoms with Crippen LogP contribution in [0.1, 0.15) is 18.4 Å². The van der Waals surface area contributed by atoms with Crippen molar-refractivity contribution in [3.8, 4) is 55.6 Å². The summed E-state index contributed by atoms with van der Waals surface area (Å²) in [4.78, 5) is 0. The highest BCUT2D eigenvalue weighted by molar-refractivity contribution is 6.20. The van der Waals surface area contributed by atoms with Gasteiger partial charge in [-0.15, -0.1) is 0 Å². The fourth-order valence-corrected chi connectivity index (χ4v) is 9.71. The molecule has 0 heteroatoms. The molecule has 0 aliphatic heterocycles. The normalized spacial score (nSPS) is 12.4. The summed E-state index contributed by atoms with van der Waals surface area (Å²) < 4.78 is 0. The molecule has 0 saturated heterocycles. The van der Waals surface area contributed by atoms with Crippen LogP contribution in [0.4, 0.5) is 0 Å². The van der Waals surface area contributed by atoms with Crippen molar-refractivity contribution < 1.29 is 0 Å². The minimum absolute atomic E-state index is 1.03. The lowest BCUT2D eigenvalue weighted by Gasteiger charge is -2.24. The first-order chi connectivity index (χ1) is 28.8. The molecule has 11 rings (SSSR count). The maximum Gasteiger partial charge on any atom is -0.00141 e. The van der Waals surface area contributed by atoms with Crippen LogP contribution in [0.5, 0.6) is 0 Å². The molecule has 0 nitrogen and oxygen atoms in total. The highest BCUT2D eigenvalue weighted by atomic mass is 14.3. The molecule has 272 valence electrons. The molecule has 0 unspecified atom stereocenters. The summed E-state index contributed by atoms with van der Waals surface area (Å²) in [6, 6.07) is 78.3. The first-order valence-electron chi connectivity index (χ1n) is 20.4. The standard InChI is InChI=1S/C58H40/c1-4-20-40(21-5-1)54-49-30-14-15-31-50(49)55(57(42-24-8-3-9-25-42)56(54)41-22-6-2-7-23-41)44-37-35-43(36-38-44)53-47-28-12-16-32-51(47)58(52-33-17-13-29-48(52)53)46-34-18-26-39-19-10-11-27-45(39)46/h1-17,19-33,35-38H,18,34H2. The van der Waals surface area contributed by atoms with Crippen molar-refractivity contribution in [2.24, 2.45) is 0 Å². The minimum atomic E-state index is 1.03. The van der Waals surface area contributed by atoms with Gasteiger partial charge < -0.3 is 0 Å². The highest BCUT2D eigenvalue weighted by Crippen LogP contribution is 2.51. The van der Waals surface area contributed by atoms with Crippen LogP contribution >= 0.6 is 0 Å². The van der Waals surface area contributed by atoms with Gasteiger partial charge >= 0.3 is 0 Å². The molecule has 0 saturated carbocycles. The SMILES string of the molecule is C1=c2ccccc2=C(c2c3ccccc3c(-c3ccc(-c4c(-c5ccccc5)c(-c5ccccc5)c(-c5ccccc5)c5ccccc45)cc3)c3ccccc23)CC1. The Bertz CT molecular complexity index is 3230. The molecule has 0 amide bonds. The van der Waals surface area contributed by atoms with Crippen molar-refractivity contribution in [2.45, 2.75) is 12.8 Å². The summed E-state index contributed by atoms with van der Waals surface area (Å²) in [5.74, 6) is 0. The van der Waals surface area contributed by atoms with Gasteiger partial charge in [0.15, 0.2) is 0 Å². The first-order valence-corrected chi connectivity index (χ1v) is 20.4. The molecule has 0 radical (unpaired) electrons. The van der Waals surface area contributed by atoms with Crippen molar-refractivity contribution in [1.82, 2.24) is 0 Å². The summed E-state index contributed by atoms with van der Waals surface area (Å²) in [5.41, 5.74) is 15.2. The molecule has 0 fully saturated rings. The first kappa shape index (κ1) is 34.0. The van der Waals surface area contributed by atoms with E-state index in [9.17, 15) is 0 Å². The third-order valence-corrected chi connectivity index (χ3v) is 12.1. The Balaban J connectivity index is 1.19. The zero-order chi connectivity index (χ0) is 38.4. The maximum absolute atomic E-state index is 2.39. The van der Waals surface area contributed by atoms with Crippen LogP contribution in [-0.2, 0) is 0 Å². The Morgan fingerprint density at radius 2 is 0.569 bits per heavy atom. The van der Waals surface area contributed by atoms with Crippen molar-refractivity contribution in [3.63, 3.8) is 0 Å². The van der Waals surface area contributed by atoms with Crippen LogP contribution in [0.2, 0.25) is 0 Å². The molecule has 1 aliphatic carbocycles. The number of benzene rings is 10. The molecule has 58 heavy (non-hydrogen) atoms. The van der Waals surface area contributed by atoms with Gasteiger partial charge in [-0.25, -0.2) is 0 Å². The van der Waals surface area contributed by atoms with Gasteiger partial charge in [-0.3, -0.25) is 0 Å². The van der Waals surface area contributed by atoms with E-state index in [4.69, 9.17) is 0 Å². The third kappa shape index (κ3) is 5.60. The van der Waals surface area contributed by atoms with E-state index >= 15 is 0 Å². The number of hydrogen-bond donors (Lipinski definition) is 0. The van der Waals surface area contributed by atoms with Crippen LogP contribution in [0, 0.1) is 0 Å². The molecule has 0 atom stereocenters. The van der Waals surface area contributed by atoms with E-state index in [1.807, 2.05) is 0 Å². The fraction of sp³-hybridized carbons (Fsp3) is 0.0345. The molecular weight excluding hydrogens is 697 g/mol. The lowest BCUT2D eigenvalue weighted by atomic mass is 9.78. The van der Waals surface area contributed by atoms with E-state index in [2.05, 4.69) is 218 Å². The highest BCUT2D eigenvalue weighted by Gasteiger charge is 2.24. The molecule has 0 bridgehead atoms. The zero-order valence-corrected chi connectivity index (χ0v) is 32.2. The van der Waals surface area contributed by atoms with Crippen LogP contribution < -0.4 is 10.4 Å². The van der Waals surface area contributed by atoms with E-state index in [0.717, 1.165) is 12.8 Å². The van der Waals surface area contributed by atoms with Crippen LogP contribution in [0.3, 0.4) is 0 Å². The Hall–Kier alpha value is -7.28. The van der Waals surface area contributed by atoms with Crippen molar-refractivity contribution >= 4 is 44.0 Å². The van der Waals surface area contributed by atoms with E-state index in [-0.39, 0.29) is 0 Å². The van der Waals surface area contributed by atoms with Crippen molar-refractivity contribution in [2.75, 3.05) is 0 Å². The van der Waals surface area contributed by atoms with E-state index in [1.54, 1.807) is 0 Å². The van der Waals surface area contributed by atoms with Crippen LogP contribution in [0.25, 0.3) is 99.6 Å². The monoisotopic (exact) mass is 736 g/mol. The molecule has 10 aromatic rings. The summed E-state index contributed by atoms with van der Waals surface area (Å²) in [6.45, 7) is 0. The molecular formula is C58H40.